The maximum absolute atomic E-state index is 13.2. The third-order valence-corrected chi connectivity index (χ3v) is 5.18. The van der Waals surface area contributed by atoms with Crippen molar-refractivity contribution in [3.8, 4) is 0 Å². The predicted molar refractivity (Wildman–Crippen MR) is 79.0 cm³/mol. The molecule has 0 radical (unpaired) electrons. The van der Waals surface area contributed by atoms with Crippen LogP contribution in [0.1, 0.15) is 17.1 Å². The van der Waals surface area contributed by atoms with Crippen LogP contribution in [0.4, 0.5) is 10.1 Å². The Kier molecular flexibility index (Phi) is 4.40. The van der Waals surface area contributed by atoms with Crippen molar-refractivity contribution < 1.29 is 22.3 Å². The molecule has 0 aliphatic carbocycles. The Labute approximate surface area is 130 Å². The van der Waals surface area contributed by atoms with Crippen LogP contribution in [-0.4, -0.2) is 13.5 Å². The first-order valence-electron chi connectivity index (χ1n) is 5.94. The molecule has 0 atom stereocenters. The molecular formula is C13H13BrFNO4S. The van der Waals surface area contributed by atoms with E-state index in [2.05, 4.69) is 20.7 Å². The van der Waals surface area contributed by atoms with Gasteiger partial charge in [-0.25, -0.2) is 12.8 Å². The van der Waals surface area contributed by atoms with E-state index < -0.39 is 22.4 Å². The summed E-state index contributed by atoms with van der Waals surface area (Å²) in [6.45, 7) is 2.58. The average Bonchev–Trinajstić information content (AvgIpc) is 2.68. The molecule has 0 aliphatic rings. The summed E-state index contributed by atoms with van der Waals surface area (Å²) in [5.41, 5.74) is 0.254. The molecule has 0 saturated carbocycles. The predicted octanol–water partition coefficient (Wildman–Crippen LogP) is 3.09. The summed E-state index contributed by atoms with van der Waals surface area (Å²) in [4.78, 5) is -0.126. The van der Waals surface area contributed by atoms with Crippen LogP contribution in [-0.2, 0) is 16.6 Å². The number of benzene rings is 1. The molecule has 114 valence electrons. The first-order valence-corrected chi connectivity index (χ1v) is 8.21. The number of aliphatic hydroxyl groups is 1. The highest BCUT2D eigenvalue weighted by Crippen LogP contribution is 2.30. The number of rotatable bonds is 4. The molecular weight excluding hydrogens is 365 g/mol. The lowest BCUT2D eigenvalue weighted by Gasteiger charge is -2.10. The number of sulfonamides is 1. The number of halogens is 2. The smallest absolute Gasteiger partial charge is 0.265 e. The van der Waals surface area contributed by atoms with Crippen molar-refractivity contribution in [2.45, 2.75) is 25.3 Å². The second kappa shape index (κ2) is 5.78. The van der Waals surface area contributed by atoms with E-state index in [-0.39, 0.29) is 21.9 Å². The zero-order valence-electron chi connectivity index (χ0n) is 11.3. The number of aliphatic hydroxyl groups excluding tert-OH is 1. The lowest BCUT2D eigenvalue weighted by molar-refractivity contribution is 0.276. The molecule has 1 aromatic carbocycles. The molecule has 5 nitrogen and oxygen atoms in total. The molecule has 0 amide bonds. The minimum Gasteiger partial charge on any atom is -0.465 e. The fraction of sp³-hybridized carbons (Fsp3) is 0.231. The minimum absolute atomic E-state index is 0.0668. The van der Waals surface area contributed by atoms with E-state index in [0.717, 1.165) is 6.07 Å². The van der Waals surface area contributed by atoms with Gasteiger partial charge in [0, 0.05) is 10.0 Å². The standard InChI is InChI=1S/C13H13BrFNO4S/c1-7-10(6-17)13(8(2)20-7)21(18,19)16-12-5-9(15)3-4-11(12)14/h3-5,16-17H,6H2,1-2H3. The largest absolute Gasteiger partial charge is 0.465 e. The summed E-state index contributed by atoms with van der Waals surface area (Å²) >= 11 is 3.15. The van der Waals surface area contributed by atoms with E-state index >= 15 is 0 Å². The van der Waals surface area contributed by atoms with Crippen molar-refractivity contribution in [1.82, 2.24) is 0 Å². The van der Waals surface area contributed by atoms with Crippen molar-refractivity contribution in [2.75, 3.05) is 4.72 Å². The topological polar surface area (TPSA) is 79.5 Å². The Hall–Kier alpha value is -1.38. The van der Waals surface area contributed by atoms with Crippen molar-refractivity contribution in [1.29, 1.82) is 0 Å². The quantitative estimate of drug-likeness (QED) is 0.857. The lowest BCUT2D eigenvalue weighted by Crippen LogP contribution is -2.15. The molecule has 2 aromatic rings. The molecule has 0 spiro atoms. The van der Waals surface area contributed by atoms with Crippen LogP contribution >= 0.6 is 15.9 Å². The van der Waals surface area contributed by atoms with Crippen LogP contribution in [0, 0.1) is 19.7 Å². The van der Waals surface area contributed by atoms with Gasteiger partial charge in [0.15, 0.2) is 0 Å². The fourth-order valence-corrected chi connectivity index (χ4v) is 4.01. The molecule has 0 aliphatic heterocycles. The molecule has 0 bridgehead atoms. The number of hydrogen-bond donors (Lipinski definition) is 2. The van der Waals surface area contributed by atoms with Crippen molar-refractivity contribution in [2.24, 2.45) is 0 Å². The summed E-state index contributed by atoms with van der Waals surface area (Å²) in [5.74, 6) is -0.0800. The fourth-order valence-electron chi connectivity index (χ4n) is 2.02. The maximum atomic E-state index is 13.2. The first-order chi connectivity index (χ1) is 9.76. The summed E-state index contributed by atoms with van der Waals surface area (Å²) in [5, 5.41) is 9.32. The highest BCUT2D eigenvalue weighted by atomic mass is 79.9. The van der Waals surface area contributed by atoms with Crippen molar-refractivity contribution in [3.63, 3.8) is 0 Å². The van der Waals surface area contributed by atoms with E-state index in [9.17, 15) is 17.9 Å². The third kappa shape index (κ3) is 3.12. The molecule has 21 heavy (non-hydrogen) atoms. The number of nitrogens with one attached hydrogen (secondary N) is 1. The summed E-state index contributed by atoms with van der Waals surface area (Å²) in [6.07, 6.45) is 0. The van der Waals surface area contributed by atoms with Crippen LogP contribution in [0.25, 0.3) is 0 Å². The van der Waals surface area contributed by atoms with Gasteiger partial charge in [-0.15, -0.1) is 0 Å². The minimum atomic E-state index is -4.01. The van der Waals surface area contributed by atoms with Crippen LogP contribution in [0.5, 0.6) is 0 Å². The first kappa shape index (κ1) is 16.0. The van der Waals surface area contributed by atoms with Gasteiger partial charge in [0.2, 0.25) is 0 Å². The Morgan fingerprint density at radius 2 is 2.00 bits per heavy atom. The summed E-state index contributed by atoms with van der Waals surface area (Å²) < 4.78 is 46.1. The second-order valence-electron chi connectivity index (χ2n) is 4.41. The molecule has 2 rings (SSSR count). The van der Waals surface area contributed by atoms with Gasteiger partial charge in [-0.3, -0.25) is 4.72 Å². The average molecular weight is 378 g/mol. The summed E-state index contributed by atoms with van der Waals surface area (Å²) in [6, 6.07) is 3.66. The molecule has 0 fully saturated rings. The monoisotopic (exact) mass is 377 g/mol. The Morgan fingerprint density at radius 1 is 1.33 bits per heavy atom. The van der Waals surface area contributed by atoms with Crippen LogP contribution in [0.15, 0.2) is 32.0 Å². The molecule has 8 heteroatoms. The van der Waals surface area contributed by atoms with Gasteiger partial charge in [0.25, 0.3) is 10.0 Å². The Bertz CT molecular complexity index is 786. The van der Waals surface area contributed by atoms with Gasteiger partial charge in [0.1, 0.15) is 22.2 Å². The van der Waals surface area contributed by atoms with Crippen LogP contribution in [0.2, 0.25) is 0 Å². The van der Waals surface area contributed by atoms with Gasteiger partial charge in [-0.1, -0.05) is 0 Å². The summed E-state index contributed by atoms with van der Waals surface area (Å²) in [7, 11) is -4.01. The molecule has 0 saturated heterocycles. The van der Waals surface area contributed by atoms with Crippen LogP contribution < -0.4 is 4.72 Å². The lowest BCUT2D eigenvalue weighted by atomic mass is 10.2. The highest BCUT2D eigenvalue weighted by molar-refractivity contribution is 9.10. The Balaban J connectivity index is 2.51. The normalized spacial score (nSPS) is 11.7. The van der Waals surface area contributed by atoms with Gasteiger partial charge < -0.3 is 9.52 Å². The van der Waals surface area contributed by atoms with Crippen LogP contribution in [0.3, 0.4) is 0 Å². The molecule has 0 unspecified atom stereocenters. The zero-order chi connectivity index (χ0) is 15.8. The maximum Gasteiger partial charge on any atom is 0.265 e. The van der Waals surface area contributed by atoms with Crippen molar-refractivity contribution >= 4 is 31.6 Å². The number of anilines is 1. The number of aryl methyl sites for hydroxylation is 2. The second-order valence-corrected chi connectivity index (χ2v) is 6.88. The van der Waals surface area contributed by atoms with Gasteiger partial charge in [-0.05, 0) is 48.0 Å². The van der Waals surface area contributed by atoms with E-state index in [0.29, 0.717) is 10.2 Å². The SMILES string of the molecule is Cc1oc(C)c(S(=O)(=O)Nc2cc(F)ccc2Br)c1CO. The van der Waals surface area contributed by atoms with Crippen molar-refractivity contribution in [3.05, 3.63) is 45.6 Å². The molecule has 1 aromatic heterocycles. The van der Waals surface area contributed by atoms with E-state index in [1.807, 2.05) is 0 Å². The van der Waals surface area contributed by atoms with E-state index in [4.69, 9.17) is 4.42 Å². The van der Waals surface area contributed by atoms with Gasteiger partial charge >= 0.3 is 0 Å². The van der Waals surface area contributed by atoms with Gasteiger partial charge in [-0.2, -0.15) is 0 Å². The van der Waals surface area contributed by atoms with E-state index in [1.165, 1.54) is 19.1 Å². The highest BCUT2D eigenvalue weighted by Gasteiger charge is 2.27. The Morgan fingerprint density at radius 3 is 2.62 bits per heavy atom. The third-order valence-electron chi connectivity index (χ3n) is 2.92. The van der Waals surface area contributed by atoms with E-state index in [1.54, 1.807) is 6.92 Å². The number of hydrogen-bond acceptors (Lipinski definition) is 4. The molecule has 2 N–H and O–H groups in total. The zero-order valence-corrected chi connectivity index (χ0v) is 13.7. The molecule has 1 heterocycles. The van der Waals surface area contributed by atoms with Gasteiger partial charge in [0.05, 0.1) is 12.3 Å². The number of furan rings is 1.